The molecule has 3 aliphatic rings. The van der Waals surface area contributed by atoms with E-state index in [-0.39, 0.29) is 0 Å². The molecular formula is C19H33N7O. The maximum Gasteiger partial charge on any atom is 0.222 e. The number of tetrazole rings is 1. The SMILES string of the molecule is CC1CCN(Cc2nnnn2CCCC(=O)N2CCN3CCC[C@H]3C2)CC1. The van der Waals surface area contributed by atoms with Gasteiger partial charge in [-0.05, 0) is 68.1 Å². The molecule has 3 aliphatic heterocycles. The van der Waals surface area contributed by atoms with Gasteiger partial charge in [0.25, 0.3) is 0 Å². The molecule has 1 aromatic rings. The van der Waals surface area contributed by atoms with Crippen LogP contribution in [-0.4, -0.2) is 86.1 Å². The fourth-order valence-corrected chi connectivity index (χ4v) is 4.69. The van der Waals surface area contributed by atoms with E-state index in [1.165, 1.54) is 32.2 Å². The Morgan fingerprint density at radius 3 is 2.81 bits per heavy atom. The van der Waals surface area contributed by atoms with Crippen LogP contribution in [-0.2, 0) is 17.9 Å². The number of aryl methyl sites for hydroxylation is 1. The molecular weight excluding hydrogens is 342 g/mol. The molecule has 1 atom stereocenters. The Labute approximate surface area is 161 Å². The highest BCUT2D eigenvalue weighted by molar-refractivity contribution is 5.76. The summed E-state index contributed by atoms with van der Waals surface area (Å²) in [5, 5.41) is 12.2. The Morgan fingerprint density at radius 2 is 1.96 bits per heavy atom. The second kappa shape index (κ2) is 8.65. The normalized spacial score (nSPS) is 25.1. The van der Waals surface area contributed by atoms with Gasteiger partial charge in [0, 0.05) is 38.6 Å². The molecule has 0 N–H and O–H groups in total. The van der Waals surface area contributed by atoms with Crippen LogP contribution in [0.25, 0.3) is 0 Å². The third kappa shape index (κ3) is 4.66. The fraction of sp³-hybridized carbons (Fsp3) is 0.895. The summed E-state index contributed by atoms with van der Waals surface area (Å²) in [6.07, 6.45) is 6.43. The largest absolute Gasteiger partial charge is 0.340 e. The van der Waals surface area contributed by atoms with Gasteiger partial charge in [-0.3, -0.25) is 14.6 Å². The van der Waals surface area contributed by atoms with E-state index in [1.807, 2.05) is 4.68 Å². The summed E-state index contributed by atoms with van der Waals surface area (Å²) in [5.41, 5.74) is 0. The highest BCUT2D eigenvalue weighted by Gasteiger charge is 2.32. The van der Waals surface area contributed by atoms with E-state index in [0.717, 1.165) is 64.0 Å². The molecule has 27 heavy (non-hydrogen) atoms. The first-order chi connectivity index (χ1) is 13.2. The molecule has 4 heterocycles. The smallest absolute Gasteiger partial charge is 0.222 e. The van der Waals surface area contributed by atoms with Crippen LogP contribution in [0.4, 0.5) is 0 Å². The molecule has 0 unspecified atom stereocenters. The minimum atomic E-state index is 0.293. The van der Waals surface area contributed by atoms with Crippen LogP contribution in [0.1, 0.15) is 51.3 Å². The lowest BCUT2D eigenvalue weighted by molar-refractivity contribution is -0.133. The van der Waals surface area contributed by atoms with E-state index in [9.17, 15) is 4.79 Å². The third-order valence-corrected chi connectivity index (χ3v) is 6.55. The Balaban J connectivity index is 1.21. The van der Waals surface area contributed by atoms with Crippen LogP contribution >= 0.6 is 0 Å². The van der Waals surface area contributed by atoms with Crippen molar-refractivity contribution in [2.75, 3.05) is 39.3 Å². The molecule has 1 aromatic heterocycles. The zero-order valence-corrected chi connectivity index (χ0v) is 16.6. The second-order valence-electron chi connectivity index (χ2n) is 8.55. The van der Waals surface area contributed by atoms with Crippen molar-refractivity contribution >= 4 is 5.91 Å². The second-order valence-corrected chi connectivity index (χ2v) is 8.55. The highest BCUT2D eigenvalue weighted by atomic mass is 16.2. The van der Waals surface area contributed by atoms with Gasteiger partial charge in [0.15, 0.2) is 5.82 Å². The first-order valence-corrected chi connectivity index (χ1v) is 10.7. The lowest BCUT2D eigenvalue weighted by Crippen LogP contribution is -2.52. The van der Waals surface area contributed by atoms with Crippen molar-refractivity contribution in [3.8, 4) is 0 Å². The van der Waals surface area contributed by atoms with Crippen molar-refractivity contribution in [2.45, 2.75) is 64.6 Å². The number of carbonyl (C=O) groups is 1. The summed E-state index contributed by atoms with van der Waals surface area (Å²) < 4.78 is 1.89. The number of amides is 1. The first-order valence-electron chi connectivity index (χ1n) is 10.7. The predicted octanol–water partition coefficient (Wildman–Crippen LogP) is 0.992. The van der Waals surface area contributed by atoms with E-state index in [1.54, 1.807) is 0 Å². The maximum absolute atomic E-state index is 12.6. The lowest BCUT2D eigenvalue weighted by atomic mass is 9.99. The van der Waals surface area contributed by atoms with Gasteiger partial charge in [0.05, 0.1) is 6.54 Å². The van der Waals surface area contributed by atoms with Crippen molar-refractivity contribution < 1.29 is 4.79 Å². The summed E-state index contributed by atoms with van der Waals surface area (Å²) in [7, 11) is 0. The van der Waals surface area contributed by atoms with E-state index in [2.05, 4.69) is 37.1 Å². The summed E-state index contributed by atoms with van der Waals surface area (Å²) in [5.74, 6) is 2.05. The van der Waals surface area contributed by atoms with Crippen molar-refractivity contribution in [1.82, 2.24) is 34.9 Å². The number of piperidine rings is 1. The molecule has 150 valence electrons. The van der Waals surface area contributed by atoms with Gasteiger partial charge in [0.2, 0.25) is 5.91 Å². The molecule has 3 saturated heterocycles. The van der Waals surface area contributed by atoms with Crippen molar-refractivity contribution in [2.24, 2.45) is 5.92 Å². The molecule has 8 nitrogen and oxygen atoms in total. The topological polar surface area (TPSA) is 70.4 Å². The highest BCUT2D eigenvalue weighted by Crippen LogP contribution is 2.22. The quantitative estimate of drug-likeness (QED) is 0.739. The monoisotopic (exact) mass is 375 g/mol. The number of likely N-dealkylation sites (tertiary alicyclic amines) is 1. The minimum absolute atomic E-state index is 0.293. The van der Waals surface area contributed by atoms with Crippen molar-refractivity contribution in [3.05, 3.63) is 5.82 Å². The Kier molecular flexibility index (Phi) is 6.02. The van der Waals surface area contributed by atoms with Crippen LogP contribution in [0.15, 0.2) is 0 Å². The summed E-state index contributed by atoms with van der Waals surface area (Å²) in [6.45, 7) is 10.2. The summed E-state index contributed by atoms with van der Waals surface area (Å²) in [6, 6.07) is 0.598. The number of hydrogen-bond donors (Lipinski definition) is 0. The van der Waals surface area contributed by atoms with Gasteiger partial charge in [-0.2, -0.15) is 0 Å². The average Bonchev–Trinajstić information content (AvgIpc) is 3.32. The van der Waals surface area contributed by atoms with Gasteiger partial charge >= 0.3 is 0 Å². The summed E-state index contributed by atoms with van der Waals surface area (Å²) in [4.78, 5) is 19.6. The number of nitrogens with zero attached hydrogens (tertiary/aromatic N) is 7. The number of piperazine rings is 1. The van der Waals surface area contributed by atoms with Crippen LogP contribution in [0, 0.1) is 5.92 Å². The van der Waals surface area contributed by atoms with Crippen LogP contribution in [0.2, 0.25) is 0 Å². The van der Waals surface area contributed by atoms with Crippen molar-refractivity contribution in [1.29, 1.82) is 0 Å². The van der Waals surface area contributed by atoms with Crippen LogP contribution < -0.4 is 0 Å². The Hall–Kier alpha value is -1.54. The standard InChI is InChI=1S/C19H33N7O/c1-16-6-10-23(11-7-16)15-18-20-21-22-26(18)9-3-5-19(27)25-13-12-24-8-2-4-17(24)14-25/h16-17H,2-15H2,1H3/t17-/m0/s1. The molecule has 0 aromatic carbocycles. The van der Waals surface area contributed by atoms with Crippen LogP contribution in [0.5, 0.6) is 0 Å². The zero-order chi connectivity index (χ0) is 18.6. The van der Waals surface area contributed by atoms with Gasteiger partial charge < -0.3 is 4.90 Å². The van der Waals surface area contributed by atoms with Gasteiger partial charge in [-0.25, -0.2) is 4.68 Å². The Bertz CT molecular complexity index is 625. The number of carbonyl (C=O) groups excluding carboxylic acids is 1. The van der Waals surface area contributed by atoms with Gasteiger partial charge in [-0.1, -0.05) is 6.92 Å². The maximum atomic E-state index is 12.6. The molecule has 4 rings (SSSR count). The molecule has 0 spiro atoms. The molecule has 3 fully saturated rings. The average molecular weight is 376 g/mol. The zero-order valence-electron chi connectivity index (χ0n) is 16.6. The van der Waals surface area contributed by atoms with Gasteiger partial charge in [-0.15, -0.1) is 5.10 Å². The number of fused-ring (bicyclic) bond motifs is 1. The molecule has 0 radical (unpaired) electrons. The van der Waals surface area contributed by atoms with E-state index >= 15 is 0 Å². The Morgan fingerprint density at radius 1 is 1.11 bits per heavy atom. The molecule has 0 aliphatic carbocycles. The number of hydrogen-bond acceptors (Lipinski definition) is 6. The number of aromatic nitrogens is 4. The molecule has 1 amide bonds. The minimum Gasteiger partial charge on any atom is -0.340 e. The van der Waals surface area contributed by atoms with E-state index < -0.39 is 0 Å². The number of rotatable bonds is 6. The summed E-state index contributed by atoms with van der Waals surface area (Å²) >= 11 is 0. The first kappa shape index (κ1) is 18.8. The molecule has 0 bridgehead atoms. The van der Waals surface area contributed by atoms with Crippen molar-refractivity contribution in [3.63, 3.8) is 0 Å². The predicted molar refractivity (Wildman–Crippen MR) is 102 cm³/mol. The lowest BCUT2D eigenvalue weighted by Gasteiger charge is -2.37. The molecule has 0 saturated carbocycles. The van der Waals surface area contributed by atoms with Gasteiger partial charge in [0.1, 0.15) is 0 Å². The fourth-order valence-electron chi connectivity index (χ4n) is 4.69. The van der Waals surface area contributed by atoms with E-state index in [4.69, 9.17) is 0 Å². The molecule has 8 heteroatoms. The van der Waals surface area contributed by atoms with E-state index in [0.29, 0.717) is 18.4 Å². The van der Waals surface area contributed by atoms with Crippen LogP contribution in [0.3, 0.4) is 0 Å². The third-order valence-electron chi connectivity index (χ3n) is 6.55.